The van der Waals surface area contributed by atoms with Crippen LogP contribution < -0.4 is 5.32 Å². The SMILES string of the molecule is Cc1cccc(-c2ccccc2C2CN2)c1. The van der Waals surface area contributed by atoms with Crippen molar-refractivity contribution in [2.75, 3.05) is 6.54 Å². The Labute approximate surface area is 96.1 Å². The first-order valence-electron chi connectivity index (χ1n) is 5.74. The molecule has 1 fully saturated rings. The van der Waals surface area contributed by atoms with Gasteiger partial charge in [-0.1, -0.05) is 54.1 Å². The summed E-state index contributed by atoms with van der Waals surface area (Å²) in [5, 5.41) is 3.38. The van der Waals surface area contributed by atoms with E-state index in [-0.39, 0.29) is 0 Å². The molecule has 0 saturated carbocycles. The molecule has 0 spiro atoms. The Hall–Kier alpha value is -1.60. The predicted molar refractivity (Wildman–Crippen MR) is 67.4 cm³/mol. The van der Waals surface area contributed by atoms with Crippen molar-refractivity contribution in [3.8, 4) is 11.1 Å². The molecule has 1 aliphatic rings. The molecule has 1 unspecified atom stereocenters. The summed E-state index contributed by atoms with van der Waals surface area (Å²) in [6.45, 7) is 3.25. The van der Waals surface area contributed by atoms with Gasteiger partial charge in [0.1, 0.15) is 0 Å². The van der Waals surface area contributed by atoms with Crippen molar-refractivity contribution in [2.45, 2.75) is 13.0 Å². The molecule has 0 aromatic heterocycles. The summed E-state index contributed by atoms with van der Waals surface area (Å²) < 4.78 is 0. The molecule has 2 aromatic rings. The Bertz CT molecular complexity index is 512. The second-order valence-corrected chi connectivity index (χ2v) is 4.42. The van der Waals surface area contributed by atoms with Gasteiger partial charge in [-0.15, -0.1) is 0 Å². The standard InChI is InChI=1S/C15H15N/c1-11-5-4-6-12(9-11)13-7-2-3-8-14(13)15-10-16-15/h2-9,15-16H,10H2,1H3. The molecule has 1 atom stereocenters. The van der Waals surface area contributed by atoms with E-state index in [9.17, 15) is 0 Å². The lowest BCUT2D eigenvalue weighted by Gasteiger charge is -2.08. The summed E-state index contributed by atoms with van der Waals surface area (Å²) in [6.07, 6.45) is 0. The molecule has 0 radical (unpaired) electrons. The van der Waals surface area contributed by atoms with Crippen LogP contribution in [-0.2, 0) is 0 Å². The van der Waals surface area contributed by atoms with Crippen molar-refractivity contribution in [3.05, 3.63) is 59.7 Å². The lowest BCUT2D eigenvalue weighted by molar-refractivity contribution is 1.08. The number of rotatable bonds is 2. The monoisotopic (exact) mass is 209 g/mol. The predicted octanol–water partition coefficient (Wildman–Crippen LogP) is 3.31. The highest BCUT2D eigenvalue weighted by molar-refractivity contribution is 5.69. The molecule has 16 heavy (non-hydrogen) atoms. The highest BCUT2D eigenvalue weighted by Gasteiger charge is 2.24. The van der Waals surface area contributed by atoms with Gasteiger partial charge in [-0.25, -0.2) is 0 Å². The second kappa shape index (κ2) is 3.76. The minimum atomic E-state index is 0.566. The van der Waals surface area contributed by atoms with Crippen LogP contribution in [-0.4, -0.2) is 6.54 Å². The molecular formula is C15H15N. The van der Waals surface area contributed by atoms with E-state index in [1.807, 2.05) is 0 Å². The fourth-order valence-corrected chi connectivity index (χ4v) is 2.16. The average molecular weight is 209 g/mol. The van der Waals surface area contributed by atoms with E-state index < -0.39 is 0 Å². The topological polar surface area (TPSA) is 21.9 Å². The molecule has 0 aliphatic carbocycles. The maximum Gasteiger partial charge on any atom is 0.0453 e. The normalized spacial score (nSPS) is 18.4. The number of aryl methyl sites for hydroxylation is 1. The van der Waals surface area contributed by atoms with Crippen LogP contribution in [0.15, 0.2) is 48.5 Å². The van der Waals surface area contributed by atoms with Gasteiger partial charge in [-0.05, 0) is 23.6 Å². The average Bonchev–Trinajstić information content (AvgIpc) is 3.13. The first-order valence-corrected chi connectivity index (χ1v) is 5.74. The van der Waals surface area contributed by atoms with Gasteiger partial charge in [0.05, 0.1) is 0 Å². The molecule has 1 N–H and O–H groups in total. The minimum Gasteiger partial charge on any atom is -0.307 e. The number of nitrogens with one attached hydrogen (secondary N) is 1. The van der Waals surface area contributed by atoms with Gasteiger partial charge < -0.3 is 5.32 Å². The van der Waals surface area contributed by atoms with E-state index in [4.69, 9.17) is 0 Å². The van der Waals surface area contributed by atoms with Crippen LogP contribution in [0.3, 0.4) is 0 Å². The molecule has 1 heteroatoms. The largest absolute Gasteiger partial charge is 0.307 e. The third-order valence-corrected chi connectivity index (χ3v) is 3.07. The van der Waals surface area contributed by atoms with Crippen molar-refractivity contribution in [2.24, 2.45) is 0 Å². The zero-order valence-corrected chi connectivity index (χ0v) is 9.40. The molecule has 3 rings (SSSR count). The third-order valence-electron chi connectivity index (χ3n) is 3.07. The van der Waals surface area contributed by atoms with E-state index in [1.54, 1.807) is 0 Å². The highest BCUT2D eigenvalue weighted by Crippen LogP contribution is 2.32. The van der Waals surface area contributed by atoms with Crippen LogP contribution in [0.2, 0.25) is 0 Å². The molecule has 1 heterocycles. The lowest BCUT2D eigenvalue weighted by Crippen LogP contribution is -1.90. The van der Waals surface area contributed by atoms with Gasteiger partial charge in [0, 0.05) is 12.6 Å². The highest BCUT2D eigenvalue weighted by atomic mass is 15.1. The van der Waals surface area contributed by atoms with Crippen molar-refractivity contribution < 1.29 is 0 Å². The summed E-state index contributed by atoms with van der Waals surface area (Å²) >= 11 is 0. The zero-order valence-electron chi connectivity index (χ0n) is 9.40. The van der Waals surface area contributed by atoms with Gasteiger partial charge in [0.2, 0.25) is 0 Å². The molecule has 1 aliphatic heterocycles. The molecule has 0 bridgehead atoms. The maximum atomic E-state index is 3.38. The number of hydrogen-bond acceptors (Lipinski definition) is 1. The smallest absolute Gasteiger partial charge is 0.0453 e. The van der Waals surface area contributed by atoms with Crippen molar-refractivity contribution in [3.63, 3.8) is 0 Å². The van der Waals surface area contributed by atoms with Crippen LogP contribution >= 0.6 is 0 Å². The van der Waals surface area contributed by atoms with E-state index in [0.29, 0.717) is 6.04 Å². The van der Waals surface area contributed by atoms with Crippen LogP contribution in [0.4, 0.5) is 0 Å². The summed E-state index contributed by atoms with van der Waals surface area (Å²) in [4.78, 5) is 0. The Kier molecular flexibility index (Phi) is 2.26. The molecule has 80 valence electrons. The zero-order chi connectivity index (χ0) is 11.0. The summed E-state index contributed by atoms with van der Waals surface area (Å²) in [5.41, 5.74) is 5.43. The second-order valence-electron chi connectivity index (χ2n) is 4.42. The summed E-state index contributed by atoms with van der Waals surface area (Å²) in [6, 6.07) is 17.9. The number of benzene rings is 2. The van der Waals surface area contributed by atoms with E-state index >= 15 is 0 Å². The van der Waals surface area contributed by atoms with Gasteiger partial charge in [-0.2, -0.15) is 0 Å². The summed E-state index contributed by atoms with van der Waals surface area (Å²) in [7, 11) is 0. The van der Waals surface area contributed by atoms with Gasteiger partial charge in [0.15, 0.2) is 0 Å². The molecular weight excluding hydrogens is 194 g/mol. The molecule has 1 nitrogen and oxygen atoms in total. The molecule has 0 amide bonds. The van der Waals surface area contributed by atoms with Gasteiger partial charge in [-0.3, -0.25) is 0 Å². The van der Waals surface area contributed by atoms with Crippen LogP contribution in [0.1, 0.15) is 17.2 Å². The first-order chi connectivity index (χ1) is 7.84. The van der Waals surface area contributed by atoms with E-state index in [2.05, 4.69) is 60.8 Å². The molecule has 1 saturated heterocycles. The fraction of sp³-hybridized carbons (Fsp3) is 0.200. The quantitative estimate of drug-likeness (QED) is 0.753. The fourth-order valence-electron chi connectivity index (χ4n) is 2.16. The van der Waals surface area contributed by atoms with Crippen LogP contribution in [0.5, 0.6) is 0 Å². The van der Waals surface area contributed by atoms with Gasteiger partial charge >= 0.3 is 0 Å². The van der Waals surface area contributed by atoms with Crippen LogP contribution in [0.25, 0.3) is 11.1 Å². The minimum absolute atomic E-state index is 0.566. The van der Waals surface area contributed by atoms with E-state index in [1.165, 1.54) is 22.3 Å². The third kappa shape index (κ3) is 1.74. The van der Waals surface area contributed by atoms with Gasteiger partial charge in [0.25, 0.3) is 0 Å². The van der Waals surface area contributed by atoms with Crippen molar-refractivity contribution in [1.29, 1.82) is 0 Å². The van der Waals surface area contributed by atoms with Crippen molar-refractivity contribution >= 4 is 0 Å². The first kappa shape index (κ1) is 9.61. The van der Waals surface area contributed by atoms with Crippen molar-refractivity contribution in [1.82, 2.24) is 5.32 Å². The Balaban J connectivity index is 2.11. The Morgan fingerprint density at radius 2 is 1.88 bits per heavy atom. The Morgan fingerprint density at radius 3 is 2.62 bits per heavy atom. The lowest BCUT2D eigenvalue weighted by atomic mass is 9.97. The maximum absolute atomic E-state index is 3.38. The molecule has 2 aromatic carbocycles. The Morgan fingerprint density at radius 1 is 1.06 bits per heavy atom. The summed E-state index contributed by atoms with van der Waals surface area (Å²) in [5.74, 6) is 0. The number of hydrogen-bond donors (Lipinski definition) is 1. The van der Waals surface area contributed by atoms with E-state index in [0.717, 1.165) is 6.54 Å². The van der Waals surface area contributed by atoms with Crippen LogP contribution in [0, 0.1) is 6.92 Å².